The van der Waals surface area contributed by atoms with Crippen LogP contribution in [0.1, 0.15) is 18.9 Å². The van der Waals surface area contributed by atoms with Gasteiger partial charge in [0.05, 0.1) is 15.8 Å². The van der Waals surface area contributed by atoms with Crippen molar-refractivity contribution in [2.45, 2.75) is 18.9 Å². The predicted molar refractivity (Wildman–Crippen MR) is 65.0 cm³/mol. The van der Waals surface area contributed by atoms with Crippen molar-refractivity contribution in [2.24, 2.45) is 0 Å². The summed E-state index contributed by atoms with van der Waals surface area (Å²) in [5, 5.41) is 4.31. The van der Waals surface area contributed by atoms with Gasteiger partial charge in [0.2, 0.25) is 0 Å². The second-order valence-corrected chi connectivity index (χ2v) is 5.55. The van der Waals surface area contributed by atoms with Gasteiger partial charge in [-0.25, -0.2) is 4.68 Å². The third kappa shape index (κ3) is 1.96. The van der Waals surface area contributed by atoms with Crippen LogP contribution in [-0.4, -0.2) is 21.3 Å². The highest BCUT2D eigenvalue weighted by Gasteiger charge is 2.18. The van der Waals surface area contributed by atoms with E-state index in [1.165, 1.54) is 24.3 Å². The first-order valence-electron chi connectivity index (χ1n) is 4.35. The van der Waals surface area contributed by atoms with Crippen molar-refractivity contribution < 1.29 is 0 Å². The summed E-state index contributed by atoms with van der Waals surface area (Å²) in [6, 6.07) is 0.532. The Balaban J connectivity index is 2.18. The van der Waals surface area contributed by atoms with Crippen molar-refractivity contribution in [1.29, 1.82) is 0 Å². The maximum atomic E-state index is 5.92. The molecule has 72 valence electrons. The molecule has 1 aromatic rings. The van der Waals surface area contributed by atoms with Gasteiger partial charge < -0.3 is 5.73 Å². The van der Waals surface area contributed by atoms with E-state index >= 15 is 0 Å². The van der Waals surface area contributed by atoms with E-state index in [9.17, 15) is 0 Å². The van der Waals surface area contributed by atoms with Gasteiger partial charge in [0, 0.05) is 0 Å². The van der Waals surface area contributed by atoms with Crippen LogP contribution in [0.4, 0.5) is 5.82 Å². The summed E-state index contributed by atoms with van der Waals surface area (Å²) in [6.07, 6.45) is 4.25. The molecule has 0 aliphatic carbocycles. The van der Waals surface area contributed by atoms with E-state index in [1.54, 1.807) is 0 Å². The predicted octanol–water partition coefficient (Wildman–Crippen LogP) is 2.14. The number of nitrogens with two attached hydrogens (primary N) is 1. The van der Waals surface area contributed by atoms with Crippen molar-refractivity contribution in [3.63, 3.8) is 0 Å². The number of thioether (sulfide) groups is 1. The normalized spacial score (nSPS) is 19.2. The summed E-state index contributed by atoms with van der Waals surface area (Å²) in [5.74, 6) is 3.30. The highest BCUT2D eigenvalue weighted by molar-refractivity contribution is 14.1. The van der Waals surface area contributed by atoms with Gasteiger partial charge in [-0.3, -0.25) is 0 Å². The Morgan fingerprint density at radius 3 is 2.77 bits per heavy atom. The molecule has 1 fully saturated rings. The Hall–Kier alpha value is 0.0900. The van der Waals surface area contributed by atoms with Gasteiger partial charge in [-0.2, -0.15) is 16.9 Å². The molecular formula is C8H12IN3S. The molecule has 5 heteroatoms. The van der Waals surface area contributed by atoms with E-state index < -0.39 is 0 Å². The second-order valence-electron chi connectivity index (χ2n) is 3.17. The van der Waals surface area contributed by atoms with Crippen LogP contribution in [0.5, 0.6) is 0 Å². The topological polar surface area (TPSA) is 43.8 Å². The Bertz CT molecular complexity index is 294. The maximum absolute atomic E-state index is 5.92. The number of nitrogen functional groups attached to an aromatic ring is 1. The zero-order valence-electron chi connectivity index (χ0n) is 7.24. The summed E-state index contributed by atoms with van der Waals surface area (Å²) in [6.45, 7) is 0. The van der Waals surface area contributed by atoms with Crippen LogP contribution in [0, 0.1) is 3.57 Å². The number of aromatic nitrogens is 2. The number of anilines is 1. The molecule has 3 nitrogen and oxygen atoms in total. The Morgan fingerprint density at radius 1 is 1.54 bits per heavy atom. The minimum absolute atomic E-state index is 0.532. The molecule has 0 radical (unpaired) electrons. The fourth-order valence-electron chi connectivity index (χ4n) is 1.57. The summed E-state index contributed by atoms with van der Waals surface area (Å²) in [5.41, 5.74) is 5.92. The largest absolute Gasteiger partial charge is 0.383 e. The summed E-state index contributed by atoms with van der Waals surface area (Å²) >= 11 is 4.25. The van der Waals surface area contributed by atoms with Crippen LogP contribution >= 0.6 is 34.4 Å². The molecule has 1 saturated heterocycles. The second kappa shape index (κ2) is 4.08. The fourth-order valence-corrected chi connectivity index (χ4v) is 3.02. The molecule has 0 aromatic carbocycles. The standard InChI is InChI=1S/C8H12IN3S/c9-7-5-11-12(8(7)10)6-1-3-13-4-2-6/h5-6H,1-4,10H2. The Morgan fingerprint density at radius 2 is 2.23 bits per heavy atom. The van der Waals surface area contributed by atoms with Crippen LogP contribution < -0.4 is 5.73 Å². The molecule has 0 amide bonds. The van der Waals surface area contributed by atoms with E-state index in [0.717, 1.165) is 9.39 Å². The molecule has 2 N–H and O–H groups in total. The molecule has 1 aromatic heterocycles. The van der Waals surface area contributed by atoms with Gasteiger partial charge in [0.25, 0.3) is 0 Å². The molecule has 0 saturated carbocycles. The van der Waals surface area contributed by atoms with E-state index in [4.69, 9.17) is 5.73 Å². The van der Waals surface area contributed by atoms with E-state index in [2.05, 4.69) is 27.7 Å². The monoisotopic (exact) mass is 309 g/mol. The molecule has 0 spiro atoms. The van der Waals surface area contributed by atoms with Crippen molar-refractivity contribution in [3.05, 3.63) is 9.77 Å². The van der Waals surface area contributed by atoms with Crippen LogP contribution in [0.2, 0.25) is 0 Å². The summed E-state index contributed by atoms with van der Waals surface area (Å²) in [4.78, 5) is 0. The van der Waals surface area contributed by atoms with Crippen molar-refractivity contribution in [2.75, 3.05) is 17.2 Å². The lowest BCUT2D eigenvalue weighted by molar-refractivity contribution is 0.432. The highest BCUT2D eigenvalue weighted by atomic mass is 127. The van der Waals surface area contributed by atoms with Gasteiger partial charge in [-0.15, -0.1) is 0 Å². The minimum Gasteiger partial charge on any atom is -0.383 e. The zero-order valence-corrected chi connectivity index (χ0v) is 10.2. The first kappa shape index (κ1) is 9.64. The Kier molecular flexibility index (Phi) is 3.02. The molecule has 2 heterocycles. The number of nitrogens with zero attached hydrogens (tertiary/aromatic N) is 2. The van der Waals surface area contributed by atoms with Gasteiger partial charge in [0.15, 0.2) is 0 Å². The minimum atomic E-state index is 0.532. The first-order chi connectivity index (χ1) is 6.29. The lowest BCUT2D eigenvalue weighted by Gasteiger charge is -2.22. The van der Waals surface area contributed by atoms with Crippen molar-refractivity contribution in [3.8, 4) is 0 Å². The average molecular weight is 309 g/mol. The third-order valence-electron chi connectivity index (χ3n) is 2.32. The average Bonchev–Trinajstić information content (AvgIpc) is 2.49. The van der Waals surface area contributed by atoms with E-state index in [0.29, 0.717) is 6.04 Å². The number of rotatable bonds is 1. The van der Waals surface area contributed by atoms with Crippen molar-refractivity contribution >= 4 is 40.2 Å². The van der Waals surface area contributed by atoms with Gasteiger partial charge in [0.1, 0.15) is 5.82 Å². The smallest absolute Gasteiger partial charge is 0.135 e. The molecule has 1 aliphatic heterocycles. The van der Waals surface area contributed by atoms with Crippen LogP contribution in [0.15, 0.2) is 6.20 Å². The van der Waals surface area contributed by atoms with Gasteiger partial charge >= 0.3 is 0 Å². The quantitative estimate of drug-likeness (QED) is 0.808. The lowest BCUT2D eigenvalue weighted by atomic mass is 10.2. The molecule has 2 rings (SSSR count). The molecular weight excluding hydrogens is 297 g/mol. The van der Waals surface area contributed by atoms with Gasteiger partial charge in [-0.05, 0) is 46.9 Å². The highest BCUT2D eigenvalue weighted by Crippen LogP contribution is 2.29. The SMILES string of the molecule is Nc1c(I)cnn1C1CCSCC1. The molecule has 0 atom stereocenters. The number of hydrogen-bond acceptors (Lipinski definition) is 3. The molecule has 0 unspecified atom stereocenters. The summed E-state index contributed by atoms with van der Waals surface area (Å²) < 4.78 is 3.05. The Labute approximate surface area is 95.6 Å². The zero-order chi connectivity index (χ0) is 9.26. The van der Waals surface area contributed by atoms with Gasteiger partial charge in [-0.1, -0.05) is 0 Å². The number of halogens is 1. The van der Waals surface area contributed by atoms with E-state index in [1.807, 2.05) is 22.6 Å². The third-order valence-corrected chi connectivity index (χ3v) is 4.20. The van der Waals surface area contributed by atoms with Crippen LogP contribution in [-0.2, 0) is 0 Å². The number of hydrogen-bond donors (Lipinski definition) is 1. The maximum Gasteiger partial charge on any atom is 0.135 e. The van der Waals surface area contributed by atoms with Crippen LogP contribution in [0.3, 0.4) is 0 Å². The van der Waals surface area contributed by atoms with Crippen LogP contribution in [0.25, 0.3) is 0 Å². The molecule has 0 bridgehead atoms. The summed E-state index contributed by atoms with van der Waals surface area (Å²) in [7, 11) is 0. The lowest BCUT2D eigenvalue weighted by Crippen LogP contribution is -2.18. The van der Waals surface area contributed by atoms with Crippen molar-refractivity contribution in [1.82, 2.24) is 9.78 Å². The fraction of sp³-hybridized carbons (Fsp3) is 0.625. The first-order valence-corrected chi connectivity index (χ1v) is 6.58. The molecule has 13 heavy (non-hydrogen) atoms. The molecule has 1 aliphatic rings. The van der Waals surface area contributed by atoms with E-state index in [-0.39, 0.29) is 0 Å².